The van der Waals surface area contributed by atoms with Crippen LogP contribution in [0.2, 0.25) is 0 Å². The Morgan fingerprint density at radius 3 is 2.73 bits per heavy atom. The first kappa shape index (κ1) is 12.2. The molecular weight excluding hydrogens is 206 g/mol. The minimum absolute atomic E-state index is 0.0217. The molecule has 1 atom stereocenters. The lowest BCUT2D eigenvalue weighted by molar-refractivity contribution is 0.101. The third-order valence-corrected chi connectivity index (χ3v) is 3.64. The molecule has 0 radical (unpaired) electrons. The van der Waals surface area contributed by atoms with Gasteiger partial charge in [0.05, 0.1) is 0 Å². The Bertz CT molecular complexity index is 321. The number of carbonyl (C=O) groups excluding carboxylic acids is 1. The van der Waals surface area contributed by atoms with Gasteiger partial charge in [0.2, 0.25) is 0 Å². The molecule has 1 unspecified atom stereocenters. The SMILES string of the molecule is CCC(C)CSc1ccc(C(C)=O)nc1. The number of nitrogens with zero attached hydrogens (tertiary/aromatic N) is 1. The second-order valence-electron chi connectivity index (χ2n) is 3.76. The monoisotopic (exact) mass is 223 g/mol. The van der Waals surface area contributed by atoms with Gasteiger partial charge in [-0.3, -0.25) is 9.78 Å². The Balaban J connectivity index is 2.53. The summed E-state index contributed by atoms with van der Waals surface area (Å²) < 4.78 is 0. The van der Waals surface area contributed by atoms with Gasteiger partial charge in [0.1, 0.15) is 5.69 Å². The van der Waals surface area contributed by atoms with Crippen LogP contribution in [-0.2, 0) is 0 Å². The van der Waals surface area contributed by atoms with Crippen LogP contribution in [0.25, 0.3) is 0 Å². The highest BCUT2D eigenvalue weighted by Crippen LogP contribution is 2.21. The van der Waals surface area contributed by atoms with Crippen LogP contribution in [-0.4, -0.2) is 16.5 Å². The van der Waals surface area contributed by atoms with Crippen molar-refractivity contribution in [3.05, 3.63) is 24.0 Å². The molecule has 0 N–H and O–H groups in total. The summed E-state index contributed by atoms with van der Waals surface area (Å²) >= 11 is 1.80. The van der Waals surface area contributed by atoms with E-state index in [4.69, 9.17) is 0 Å². The first-order valence-electron chi connectivity index (χ1n) is 5.23. The van der Waals surface area contributed by atoms with Crippen LogP contribution in [0.4, 0.5) is 0 Å². The molecule has 1 aromatic heterocycles. The number of aromatic nitrogens is 1. The van der Waals surface area contributed by atoms with Gasteiger partial charge in [0.15, 0.2) is 5.78 Å². The van der Waals surface area contributed by atoms with Crippen LogP contribution in [0.15, 0.2) is 23.2 Å². The molecule has 1 heterocycles. The van der Waals surface area contributed by atoms with Gasteiger partial charge in [0.25, 0.3) is 0 Å². The molecule has 0 bridgehead atoms. The summed E-state index contributed by atoms with van der Waals surface area (Å²) in [5.41, 5.74) is 0.544. The fourth-order valence-electron chi connectivity index (χ4n) is 1.03. The molecule has 0 fully saturated rings. The number of thioether (sulfide) groups is 1. The third-order valence-electron chi connectivity index (χ3n) is 2.33. The highest BCUT2D eigenvalue weighted by molar-refractivity contribution is 7.99. The molecule has 0 amide bonds. The molecule has 3 heteroatoms. The number of carbonyl (C=O) groups is 1. The molecule has 1 rings (SSSR count). The number of pyridine rings is 1. The zero-order valence-electron chi connectivity index (χ0n) is 9.49. The van der Waals surface area contributed by atoms with Gasteiger partial charge in [-0.15, -0.1) is 11.8 Å². The predicted octanol–water partition coefficient (Wildman–Crippen LogP) is 3.42. The van der Waals surface area contributed by atoms with E-state index in [-0.39, 0.29) is 5.78 Å². The summed E-state index contributed by atoms with van der Waals surface area (Å²) in [4.78, 5) is 16.3. The van der Waals surface area contributed by atoms with Crippen molar-refractivity contribution in [2.75, 3.05) is 5.75 Å². The second kappa shape index (κ2) is 5.91. The first-order chi connectivity index (χ1) is 7.13. The average molecular weight is 223 g/mol. The minimum atomic E-state index is 0.0217. The van der Waals surface area contributed by atoms with Crippen LogP contribution < -0.4 is 0 Å². The molecule has 0 aliphatic heterocycles. The Hall–Kier alpha value is -0.830. The summed E-state index contributed by atoms with van der Waals surface area (Å²) in [6.45, 7) is 5.97. The highest BCUT2D eigenvalue weighted by atomic mass is 32.2. The van der Waals surface area contributed by atoms with Crippen LogP contribution in [0.1, 0.15) is 37.7 Å². The maximum atomic E-state index is 11.0. The summed E-state index contributed by atoms with van der Waals surface area (Å²) in [6.07, 6.45) is 2.98. The summed E-state index contributed by atoms with van der Waals surface area (Å²) in [6, 6.07) is 3.76. The van der Waals surface area contributed by atoms with E-state index in [0.717, 1.165) is 16.6 Å². The van der Waals surface area contributed by atoms with Crippen molar-refractivity contribution in [3.8, 4) is 0 Å². The molecule has 1 aromatic rings. The predicted molar refractivity (Wildman–Crippen MR) is 64.4 cm³/mol. The maximum Gasteiger partial charge on any atom is 0.178 e. The minimum Gasteiger partial charge on any atom is -0.293 e. The number of ketones is 1. The Morgan fingerprint density at radius 2 is 2.27 bits per heavy atom. The Morgan fingerprint density at radius 1 is 1.53 bits per heavy atom. The van der Waals surface area contributed by atoms with Crippen molar-refractivity contribution in [3.63, 3.8) is 0 Å². The van der Waals surface area contributed by atoms with E-state index >= 15 is 0 Å². The molecule has 0 aliphatic carbocycles. The number of rotatable bonds is 5. The lowest BCUT2D eigenvalue weighted by Crippen LogP contribution is -1.97. The molecular formula is C12H17NOS. The summed E-state index contributed by atoms with van der Waals surface area (Å²) in [5.74, 6) is 1.85. The van der Waals surface area contributed by atoms with E-state index in [9.17, 15) is 4.79 Å². The normalized spacial score (nSPS) is 12.5. The van der Waals surface area contributed by atoms with Gasteiger partial charge < -0.3 is 0 Å². The summed E-state index contributed by atoms with van der Waals surface area (Å²) in [5, 5.41) is 0. The largest absolute Gasteiger partial charge is 0.293 e. The van der Waals surface area contributed by atoms with Crippen molar-refractivity contribution in [2.24, 2.45) is 5.92 Å². The zero-order chi connectivity index (χ0) is 11.3. The topological polar surface area (TPSA) is 30.0 Å². The van der Waals surface area contributed by atoms with Gasteiger partial charge in [-0.05, 0) is 18.1 Å². The van der Waals surface area contributed by atoms with Gasteiger partial charge in [-0.2, -0.15) is 0 Å². The first-order valence-corrected chi connectivity index (χ1v) is 6.21. The van der Waals surface area contributed by atoms with E-state index in [0.29, 0.717) is 5.69 Å². The number of Topliss-reactive ketones (excluding diaryl/α,β-unsaturated/α-hetero) is 1. The van der Waals surface area contributed by atoms with E-state index < -0.39 is 0 Å². The molecule has 0 saturated carbocycles. The van der Waals surface area contributed by atoms with Crippen molar-refractivity contribution in [1.82, 2.24) is 4.98 Å². The molecule has 82 valence electrons. The van der Waals surface area contributed by atoms with E-state index in [1.165, 1.54) is 13.3 Å². The fourth-order valence-corrected chi connectivity index (χ4v) is 2.03. The van der Waals surface area contributed by atoms with Crippen LogP contribution in [0.3, 0.4) is 0 Å². The van der Waals surface area contributed by atoms with Crippen molar-refractivity contribution in [2.45, 2.75) is 32.1 Å². The van der Waals surface area contributed by atoms with Crippen LogP contribution in [0, 0.1) is 5.92 Å². The van der Waals surface area contributed by atoms with E-state index in [1.54, 1.807) is 24.0 Å². The quantitative estimate of drug-likeness (QED) is 0.566. The molecule has 2 nitrogen and oxygen atoms in total. The fraction of sp³-hybridized carbons (Fsp3) is 0.500. The standard InChI is InChI=1S/C12H17NOS/c1-4-9(2)8-15-11-5-6-12(10(3)14)13-7-11/h5-7,9H,4,8H2,1-3H3. The number of hydrogen-bond acceptors (Lipinski definition) is 3. The average Bonchev–Trinajstić information content (AvgIpc) is 2.26. The molecule has 0 saturated heterocycles. The molecule has 0 spiro atoms. The number of hydrogen-bond donors (Lipinski definition) is 0. The van der Waals surface area contributed by atoms with Crippen LogP contribution >= 0.6 is 11.8 Å². The van der Waals surface area contributed by atoms with Gasteiger partial charge >= 0.3 is 0 Å². The van der Waals surface area contributed by atoms with Gasteiger partial charge in [-0.1, -0.05) is 20.3 Å². The highest BCUT2D eigenvalue weighted by Gasteiger charge is 2.03. The third kappa shape index (κ3) is 4.04. The van der Waals surface area contributed by atoms with Crippen molar-refractivity contribution >= 4 is 17.5 Å². The lowest BCUT2D eigenvalue weighted by atomic mass is 10.2. The van der Waals surface area contributed by atoms with Gasteiger partial charge in [0, 0.05) is 23.8 Å². The Labute approximate surface area is 95.5 Å². The lowest BCUT2D eigenvalue weighted by Gasteiger charge is -2.07. The molecule has 0 aliphatic rings. The van der Waals surface area contributed by atoms with Crippen LogP contribution in [0.5, 0.6) is 0 Å². The second-order valence-corrected chi connectivity index (χ2v) is 4.85. The Kier molecular flexibility index (Phi) is 4.82. The van der Waals surface area contributed by atoms with E-state index in [1.807, 2.05) is 6.07 Å². The van der Waals surface area contributed by atoms with Gasteiger partial charge in [-0.25, -0.2) is 0 Å². The molecule has 0 aromatic carbocycles. The molecule has 15 heavy (non-hydrogen) atoms. The van der Waals surface area contributed by atoms with Crippen molar-refractivity contribution < 1.29 is 4.79 Å². The van der Waals surface area contributed by atoms with E-state index in [2.05, 4.69) is 18.8 Å². The summed E-state index contributed by atoms with van der Waals surface area (Å²) in [7, 11) is 0. The smallest absolute Gasteiger partial charge is 0.178 e. The zero-order valence-corrected chi connectivity index (χ0v) is 10.3. The van der Waals surface area contributed by atoms with Crippen molar-refractivity contribution in [1.29, 1.82) is 0 Å². The maximum absolute atomic E-state index is 11.0.